The number of anilines is 1. The molecule has 22 heteroatoms. The second-order valence-electron chi connectivity index (χ2n) is 15.3. The second-order valence-corrected chi connectivity index (χ2v) is 91.1. The van der Waals surface area contributed by atoms with Crippen LogP contribution in [0.4, 0.5) is 18.7 Å². The number of ketones is 1. The molecule has 363 valence electrons. The summed E-state index contributed by atoms with van der Waals surface area (Å²) in [6.45, 7) is 8.24. The van der Waals surface area contributed by atoms with E-state index in [9.17, 15) is 32.2 Å². The number of likely N-dealkylation sites (tertiary alicyclic amines) is 2. The Hall–Kier alpha value is 0.0188. The molecule has 2 aliphatic rings. The van der Waals surface area contributed by atoms with Gasteiger partial charge in [-0.3, -0.25) is 19.2 Å². The molecule has 5 rings (SSSR count). The maximum atomic E-state index is 13.5. The average molecular weight is 1660 g/mol. The molecule has 0 aromatic heterocycles. The first-order valence-electron chi connectivity index (χ1n) is 19.8. The maximum absolute atomic E-state index is 13.5. The predicted molar refractivity (Wildman–Crippen MR) is 303 cm³/mol. The van der Waals surface area contributed by atoms with Crippen LogP contribution in [0.5, 0.6) is 0 Å². The first-order chi connectivity index (χ1) is 29.5. The number of Topliss-reactive ketones (excluding diaryl/α,β-unsaturated/α-hetero) is 1. The van der Waals surface area contributed by atoms with Gasteiger partial charge >= 0.3 is 145 Å². The van der Waals surface area contributed by atoms with E-state index in [0.29, 0.717) is 38.0 Å². The van der Waals surface area contributed by atoms with Crippen molar-refractivity contribution < 1.29 is 50.8 Å². The summed E-state index contributed by atoms with van der Waals surface area (Å²) in [5.41, 5.74) is 3.39. The van der Waals surface area contributed by atoms with Crippen LogP contribution < -0.4 is 16.0 Å². The number of fused-ring (bicyclic) bond motifs is 1. The number of benzene rings is 3. The molecule has 2 aliphatic heterocycles. The Bertz CT molecular complexity index is 2060. The van der Waals surface area contributed by atoms with Crippen LogP contribution in [0.15, 0.2) is 60.7 Å². The number of carbonyl (C=O) groups is 6. The van der Waals surface area contributed by atoms with Gasteiger partial charge in [-0.05, 0) is 83.2 Å². The van der Waals surface area contributed by atoms with Crippen molar-refractivity contribution in [3.05, 3.63) is 73.7 Å². The Morgan fingerprint density at radius 2 is 1.14 bits per heavy atom. The predicted octanol–water partition coefficient (Wildman–Crippen LogP) is 12.1. The van der Waals surface area contributed by atoms with Crippen molar-refractivity contribution in [3.8, 4) is 11.1 Å². The van der Waals surface area contributed by atoms with Crippen LogP contribution in [0.25, 0.3) is 21.9 Å². The van der Waals surface area contributed by atoms with Crippen LogP contribution in [0.3, 0.4) is 0 Å². The Kier molecular flexibility index (Phi) is 29.8. The minimum absolute atomic E-state index is 0. The van der Waals surface area contributed by atoms with Gasteiger partial charge in [0.25, 0.3) is 0 Å². The molecule has 0 radical (unpaired) electrons. The van der Waals surface area contributed by atoms with Crippen LogP contribution in [-0.4, -0.2) is 97.0 Å². The molecule has 65 heavy (non-hydrogen) atoms. The van der Waals surface area contributed by atoms with E-state index in [0.717, 1.165) is 33.9 Å². The average Bonchev–Trinajstić information content (AvgIpc) is 3.92. The molecule has 0 spiro atoms. The van der Waals surface area contributed by atoms with E-state index in [2.05, 4.69) is 82.0 Å². The van der Waals surface area contributed by atoms with Gasteiger partial charge in [0.05, 0.1) is 20.3 Å². The van der Waals surface area contributed by atoms with Crippen molar-refractivity contribution in [3.63, 3.8) is 0 Å². The number of alkyl carbamates (subject to hydrolysis) is 2. The monoisotopic (exact) mass is 1650 g/mol. The van der Waals surface area contributed by atoms with Crippen molar-refractivity contribution in [1.29, 1.82) is 0 Å². The second kappa shape index (κ2) is 30.7. The molecule has 3 aromatic rings. The van der Waals surface area contributed by atoms with Gasteiger partial charge in [0, 0.05) is 25.2 Å². The molecule has 5 amide bonds. The number of nitrogens with one attached hydrogen (secondary N) is 3. The van der Waals surface area contributed by atoms with E-state index in [1.165, 1.54) is 14.2 Å². The standard InChI is InChI=1S/C41H51N5O8.CH4.CH3.FH.6HI.2V/c1-24(2)35(43-40(51)53-5)38(49)45-19-7-9-32(45)34(47)22-26-11-12-30-23-29(14-13-28(30)21-26)27-15-17-31(18-16-27)42-37(48)33-10-8-20-46(33)39(50)36(25(3)4)44-41(52)54-6;;;;;;;;;;;/h11-18,21,23-25,32-33,35-36H,7-10,19-20,22H2,1-6H3,(H,42,48)(H,43,51)(H,44,52);1H4;1H3;7*1H;;/q;;-1;;;;;;;;+3;+4/p-7/t32-,33-,35-,36-;;;;;;;;;;;/m0.........../s1. The summed E-state index contributed by atoms with van der Waals surface area (Å²) in [5, 5.41) is 10.2. The summed E-state index contributed by atoms with van der Waals surface area (Å²) in [4.78, 5) is 80.2. The zero-order valence-corrected chi connectivity index (χ0v) is 52.1. The minimum atomic E-state index is -2.47. The number of rotatable bonds is 12. The van der Waals surface area contributed by atoms with Gasteiger partial charge in [-0.2, -0.15) is 0 Å². The normalized spacial score (nSPS) is 16.4. The molecule has 0 aliphatic carbocycles. The number of hydrogen-bond acceptors (Lipinski definition) is 8. The van der Waals surface area contributed by atoms with Crippen molar-refractivity contribution in [1.82, 2.24) is 20.4 Å². The first-order valence-corrected chi connectivity index (χ1v) is 47.3. The molecule has 3 N–H and O–H groups in total. The fourth-order valence-electron chi connectivity index (χ4n) is 7.30. The van der Waals surface area contributed by atoms with Crippen LogP contribution >= 0.6 is 120 Å². The zero-order valence-electron chi connectivity index (χ0n) is 36.4. The number of hydrogen-bond donors (Lipinski definition) is 3. The summed E-state index contributed by atoms with van der Waals surface area (Å²) < 4.78 is 18.7. The molecule has 0 unspecified atom stereocenters. The third-order valence-corrected chi connectivity index (χ3v) is 10.3. The summed E-state index contributed by atoms with van der Waals surface area (Å²) in [6, 6.07) is 16.7. The van der Waals surface area contributed by atoms with Gasteiger partial charge in [0.2, 0.25) is 17.7 Å². The SMILES string of the molecule is C.COC(=O)N[C@H](C(=O)N1CCC[C@H]1C(=O)Cc1ccc2cc(-c3ccc(NC(=O)[C@@H]4CCCN4C(=O)[C@@H](NC(=O)OC)C(C)C)cc3)ccc2c1)C(C)C.[CH3-].[F][V]([I])([I])[I].[I][V]([I])[I]. The molecule has 2 saturated heterocycles. The zero-order chi connectivity index (χ0) is 47.2. The molecule has 0 saturated carbocycles. The summed E-state index contributed by atoms with van der Waals surface area (Å²) in [5.74, 6) is -1.26. The van der Waals surface area contributed by atoms with Gasteiger partial charge in [0.1, 0.15) is 18.1 Å². The Morgan fingerprint density at radius 3 is 1.60 bits per heavy atom. The van der Waals surface area contributed by atoms with Crippen LogP contribution in [0.1, 0.15) is 66.4 Å². The van der Waals surface area contributed by atoms with E-state index in [1.54, 1.807) is 9.80 Å². The van der Waals surface area contributed by atoms with Crippen molar-refractivity contribution >= 4 is 172 Å². The molecule has 3 aromatic carbocycles. The molecular formula is C43H58FI6N5O8V2-. The number of methoxy groups -OCH3 is 2. The number of nitrogens with zero attached hydrogens (tertiary/aromatic N) is 2. The Labute approximate surface area is 457 Å². The Morgan fingerprint density at radius 1 is 0.723 bits per heavy atom. The van der Waals surface area contributed by atoms with Crippen LogP contribution in [0, 0.1) is 19.3 Å². The fraction of sp³-hybridized carbons (Fsp3) is 0.465. The van der Waals surface area contributed by atoms with Gasteiger partial charge in [-0.1, -0.05) is 77.6 Å². The topological polar surface area (TPSA) is 163 Å². The Balaban J connectivity index is 0.00000175. The first kappa shape index (κ1) is 63.0. The fourth-order valence-corrected chi connectivity index (χ4v) is 7.30. The molecule has 0 bridgehead atoms. The van der Waals surface area contributed by atoms with Crippen LogP contribution in [-0.2, 0) is 44.3 Å². The van der Waals surface area contributed by atoms with E-state index in [4.69, 9.17) is 9.47 Å². The summed E-state index contributed by atoms with van der Waals surface area (Å²) in [7, 11) is 2.49. The molecule has 13 nitrogen and oxygen atoms in total. The van der Waals surface area contributed by atoms with Crippen molar-refractivity contribution in [2.24, 2.45) is 11.8 Å². The number of carbonyl (C=O) groups excluding carboxylic acids is 6. The molecule has 2 heterocycles. The van der Waals surface area contributed by atoms with Crippen LogP contribution in [0.2, 0.25) is 0 Å². The molecule has 2 fully saturated rings. The van der Waals surface area contributed by atoms with Crippen molar-refractivity contribution in [2.75, 3.05) is 32.6 Å². The van der Waals surface area contributed by atoms with Crippen molar-refractivity contribution in [2.45, 2.75) is 91.4 Å². The summed E-state index contributed by atoms with van der Waals surface area (Å²) in [6.07, 6.45) is 1.32. The van der Waals surface area contributed by atoms with Gasteiger partial charge in [-0.25, -0.2) is 9.59 Å². The van der Waals surface area contributed by atoms with Gasteiger partial charge in [-0.15, -0.1) is 0 Å². The van der Waals surface area contributed by atoms with E-state index in [1.807, 2.05) is 142 Å². The number of halogens is 7. The van der Waals surface area contributed by atoms with E-state index in [-0.39, 0.29) is 61.5 Å². The summed E-state index contributed by atoms with van der Waals surface area (Å²) >= 11 is 13.0. The molecule has 4 atom stereocenters. The quantitative estimate of drug-likeness (QED) is 0.119. The van der Waals surface area contributed by atoms with E-state index < -0.39 is 40.6 Å². The third kappa shape index (κ3) is 21.1. The van der Waals surface area contributed by atoms with E-state index >= 15 is 0 Å². The number of amides is 5. The van der Waals surface area contributed by atoms with Gasteiger partial charge in [0.15, 0.2) is 5.78 Å². The van der Waals surface area contributed by atoms with Gasteiger partial charge < -0.3 is 42.7 Å². The number of ether oxygens (including phenoxy) is 2. The molecular weight excluding hydrogens is 1600 g/mol. The third-order valence-electron chi connectivity index (χ3n) is 10.3.